The Balaban J connectivity index is 1.20. The summed E-state index contributed by atoms with van der Waals surface area (Å²) in [5.74, 6) is 2.94. The Hall–Kier alpha value is -1.50. The molecule has 3 saturated heterocycles. The molecular weight excluding hydrogens is 564 g/mol. The van der Waals surface area contributed by atoms with Crippen LogP contribution in [-0.4, -0.2) is 46.1 Å². The first-order valence-corrected chi connectivity index (χ1v) is 19.6. The van der Waals surface area contributed by atoms with Crippen molar-refractivity contribution in [2.24, 2.45) is 11.8 Å². The highest BCUT2D eigenvalue weighted by atomic mass is 32.2. The van der Waals surface area contributed by atoms with Crippen LogP contribution in [0.2, 0.25) is 0 Å². The Morgan fingerprint density at radius 2 is 1.52 bits per heavy atom. The van der Waals surface area contributed by atoms with Gasteiger partial charge in [0.25, 0.3) is 0 Å². The molecule has 2 aromatic rings. The van der Waals surface area contributed by atoms with Crippen molar-refractivity contribution < 1.29 is 13.1 Å². The SMILES string of the molecule is CCCCCCCCCCCCCCCCCCS(=O)O[C@H](c1ccnc2ccc(OC)cc12)[C@@H]1C[C@@H]2CCN1C[C@@H]2CC. The van der Waals surface area contributed by atoms with Gasteiger partial charge in [-0.05, 0) is 67.5 Å². The molecule has 1 aromatic heterocycles. The summed E-state index contributed by atoms with van der Waals surface area (Å²) in [7, 11) is 1.70. The Kier molecular flexibility index (Phi) is 16.0. The fourth-order valence-electron chi connectivity index (χ4n) is 7.73. The van der Waals surface area contributed by atoms with Crippen molar-refractivity contribution >= 4 is 22.0 Å². The van der Waals surface area contributed by atoms with Crippen molar-refractivity contribution in [1.29, 1.82) is 0 Å². The third kappa shape index (κ3) is 10.8. The van der Waals surface area contributed by atoms with Gasteiger partial charge in [-0.2, -0.15) is 0 Å². The second-order valence-corrected chi connectivity index (χ2v) is 14.8. The monoisotopic (exact) mass is 626 g/mol. The molecule has 2 bridgehead atoms. The van der Waals surface area contributed by atoms with Gasteiger partial charge in [0.1, 0.15) is 11.9 Å². The Morgan fingerprint density at radius 3 is 2.09 bits per heavy atom. The van der Waals surface area contributed by atoms with E-state index in [1.54, 1.807) is 7.11 Å². The van der Waals surface area contributed by atoms with Gasteiger partial charge in [-0.3, -0.25) is 14.1 Å². The Bertz CT molecular complexity index is 1110. The standard InChI is InChI=1S/C38H62N2O3S/c1-4-6-7-8-9-10-11-12-13-14-15-16-17-18-19-20-27-44(41)43-38(37-28-32-24-26-40(37)30-31(32)5-2)34-23-25-39-36-22-21-33(42-3)29-35(34)36/h21-23,25,29,31-32,37-38H,4-20,24,26-28,30H2,1-3H3/t31-,32-,37-,38+,44?/m0/s1. The lowest BCUT2D eigenvalue weighted by atomic mass is 9.72. The smallest absolute Gasteiger partial charge is 0.156 e. The first-order valence-electron chi connectivity index (χ1n) is 18.4. The molecule has 6 atom stereocenters. The molecule has 44 heavy (non-hydrogen) atoms. The number of benzene rings is 1. The minimum atomic E-state index is -1.31. The highest BCUT2D eigenvalue weighted by Gasteiger charge is 2.44. The van der Waals surface area contributed by atoms with Crippen molar-refractivity contribution in [3.63, 3.8) is 0 Å². The van der Waals surface area contributed by atoms with E-state index in [4.69, 9.17) is 8.92 Å². The summed E-state index contributed by atoms with van der Waals surface area (Å²) in [5, 5.41) is 1.05. The van der Waals surface area contributed by atoms with Crippen LogP contribution in [0.4, 0.5) is 0 Å². The van der Waals surface area contributed by atoms with Crippen LogP contribution in [0, 0.1) is 11.8 Å². The number of unbranched alkanes of at least 4 members (excludes halogenated alkanes) is 15. The lowest BCUT2D eigenvalue weighted by molar-refractivity contribution is -0.0453. The van der Waals surface area contributed by atoms with Crippen LogP contribution in [0.1, 0.15) is 148 Å². The van der Waals surface area contributed by atoms with Crippen LogP contribution < -0.4 is 4.74 Å². The number of methoxy groups -OCH3 is 1. The van der Waals surface area contributed by atoms with Gasteiger partial charge in [-0.1, -0.05) is 117 Å². The van der Waals surface area contributed by atoms with E-state index in [2.05, 4.69) is 35.9 Å². The topological polar surface area (TPSA) is 51.7 Å². The number of hydrogen-bond acceptors (Lipinski definition) is 5. The molecule has 5 nitrogen and oxygen atoms in total. The van der Waals surface area contributed by atoms with Gasteiger partial charge in [-0.15, -0.1) is 0 Å². The maximum atomic E-state index is 13.4. The zero-order chi connectivity index (χ0) is 31.0. The van der Waals surface area contributed by atoms with Crippen LogP contribution in [0.15, 0.2) is 30.5 Å². The summed E-state index contributed by atoms with van der Waals surface area (Å²) < 4.78 is 25.6. The number of ether oxygens (including phenoxy) is 1. The normalized spacial score (nSPS) is 22.8. The molecule has 6 heteroatoms. The van der Waals surface area contributed by atoms with Crippen molar-refractivity contribution in [2.45, 2.75) is 148 Å². The molecule has 0 aliphatic carbocycles. The van der Waals surface area contributed by atoms with Gasteiger partial charge in [0, 0.05) is 29.9 Å². The number of pyridine rings is 1. The third-order valence-electron chi connectivity index (χ3n) is 10.5. The summed E-state index contributed by atoms with van der Waals surface area (Å²) in [6.07, 6.45) is 26.8. The van der Waals surface area contributed by atoms with Gasteiger partial charge in [0.2, 0.25) is 0 Å². The molecule has 0 saturated carbocycles. The maximum Gasteiger partial charge on any atom is 0.156 e. The summed E-state index contributed by atoms with van der Waals surface area (Å²) in [6, 6.07) is 8.38. The Morgan fingerprint density at radius 1 is 0.886 bits per heavy atom. The van der Waals surface area contributed by atoms with E-state index in [-0.39, 0.29) is 12.1 Å². The van der Waals surface area contributed by atoms with Gasteiger partial charge >= 0.3 is 0 Å². The quantitative estimate of drug-likeness (QED) is 0.115. The second-order valence-electron chi connectivity index (χ2n) is 13.6. The van der Waals surface area contributed by atoms with E-state index < -0.39 is 11.1 Å². The summed E-state index contributed by atoms with van der Waals surface area (Å²) in [6.45, 7) is 6.86. The molecule has 3 fully saturated rings. The van der Waals surface area contributed by atoms with Crippen molar-refractivity contribution in [3.05, 3.63) is 36.0 Å². The molecule has 4 heterocycles. The molecule has 5 rings (SSSR count). The van der Waals surface area contributed by atoms with E-state index in [0.29, 0.717) is 5.75 Å². The van der Waals surface area contributed by atoms with Crippen LogP contribution in [-0.2, 0) is 15.3 Å². The first kappa shape index (κ1) is 35.4. The summed E-state index contributed by atoms with van der Waals surface area (Å²) >= 11 is -1.31. The fraction of sp³-hybridized carbons (Fsp3) is 0.763. The summed E-state index contributed by atoms with van der Waals surface area (Å²) in [4.78, 5) is 7.24. The van der Waals surface area contributed by atoms with Gasteiger partial charge in [0.15, 0.2) is 11.1 Å². The van der Waals surface area contributed by atoms with Crippen LogP contribution in [0.3, 0.4) is 0 Å². The predicted octanol–water partition coefficient (Wildman–Crippen LogP) is 10.3. The van der Waals surface area contributed by atoms with Gasteiger partial charge in [0.05, 0.1) is 12.6 Å². The molecule has 3 aliphatic rings. The van der Waals surface area contributed by atoms with Gasteiger partial charge < -0.3 is 4.74 Å². The zero-order valence-electron chi connectivity index (χ0n) is 28.3. The largest absolute Gasteiger partial charge is 0.497 e. The van der Waals surface area contributed by atoms with E-state index in [1.165, 1.54) is 103 Å². The second kappa shape index (κ2) is 19.9. The minimum Gasteiger partial charge on any atom is -0.497 e. The lowest BCUT2D eigenvalue weighted by Gasteiger charge is -2.51. The molecule has 3 aliphatic heterocycles. The molecule has 0 amide bonds. The highest BCUT2D eigenvalue weighted by molar-refractivity contribution is 7.80. The molecule has 1 aromatic carbocycles. The zero-order valence-corrected chi connectivity index (χ0v) is 29.1. The van der Waals surface area contributed by atoms with Crippen molar-refractivity contribution in [3.8, 4) is 5.75 Å². The van der Waals surface area contributed by atoms with E-state index in [1.807, 2.05) is 18.3 Å². The number of fused-ring (bicyclic) bond motifs is 4. The molecule has 0 spiro atoms. The molecular formula is C38H62N2O3S. The minimum absolute atomic E-state index is 0.227. The number of aromatic nitrogens is 1. The van der Waals surface area contributed by atoms with Crippen LogP contribution in [0.25, 0.3) is 10.9 Å². The number of piperidine rings is 3. The van der Waals surface area contributed by atoms with Crippen LogP contribution in [0.5, 0.6) is 5.75 Å². The fourth-order valence-corrected chi connectivity index (χ4v) is 8.73. The first-order chi connectivity index (χ1) is 21.6. The van der Waals surface area contributed by atoms with Crippen molar-refractivity contribution in [1.82, 2.24) is 9.88 Å². The Labute approximate surface area is 271 Å². The van der Waals surface area contributed by atoms with Gasteiger partial charge in [-0.25, -0.2) is 4.21 Å². The predicted molar refractivity (Wildman–Crippen MR) is 187 cm³/mol. The highest BCUT2D eigenvalue weighted by Crippen LogP contribution is 2.44. The number of hydrogen-bond donors (Lipinski definition) is 0. The maximum absolute atomic E-state index is 13.4. The molecule has 0 radical (unpaired) electrons. The molecule has 0 N–H and O–H groups in total. The van der Waals surface area contributed by atoms with Crippen molar-refractivity contribution in [2.75, 3.05) is 26.0 Å². The summed E-state index contributed by atoms with van der Waals surface area (Å²) in [5.41, 5.74) is 2.03. The third-order valence-corrected chi connectivity index (χ3v) is 11.5. The number of nitrogens with zero attached hydrogens (tertiary/aromatic N) is 2. The van der Waals surface area contributed by atoms with Crippen LogP contribution >= 0.6 is 0 Å². The van der Waals surface area contributed by atoms with E-state index in [9.17, 15) is 4.21 Å². The lowest BCUT2D eigenvalue weighted by Crippen LogP contribution is -2.55. The average molecular weight is 627 g/mol. The molecule has 2 unspecified atom stereocenters. The molecule has 248 valence electrons. The van der Waals surface area contributed by atoms with E-state index >= 15 is 0 Å². The average Bonchev–Trinajstić information content (AvgIpc) is 3.06. The number of rotatable bonds is 23. The van der Waals surface area contributed by atoms with E-state index in [0.717, 1.165) is 66.4 Å².